The number of carbonyl (C=O) groups is 2. The first-order valence-electron chi connectivity index (χ1n) is 1.32. The van der Waals surface area contributed by atoms with E-state index in [-0.39, 0.29) is 6.15 Å². The maximum Gasteiger partial charge on any atom is 0.435 e. The number of hydrogen-bond donors (Lipinski definition) is 3. The van der Waals surface area contributed by atoms with Crippen LogP contribution < -0.4 is 12.0 Å². The fraction of sp³-hybridized carbons (Fsp3) is 0. The first-order valence-corrected chi connectivity index (χ1v) is 1.32. The van der Waals surface area contributed by atoms with E-state index in [1.54, 1.807) is 0 Å². The normalized spacial score (nSPS) is 6.62. The molecular formula is C2H6N2O4. The summed E-state index contributed by atoms with van der Waals surface area (Å²) in [5, 5.41) is 7.63. The molecule has 0 aromatic rings. The molecule has 8 heavy (non-hydrogen) atoms. The van der Waals surface area contributed by atoms with Gasteiger partial charge in [0.25, 0.3) is 0 Å². The van der Waals surface area contributed by atoms with Crippen LogP contribution >= 0.6 is 0 Å². The van der Waals surface area contributed by atoms with Crippen molar-refractivity contribution in [2.24, 2.45) is 5.90 Å². The molecule has 0 bridgehead atoms. The topological polar surface area (TPSA) is 125 Å². The summed E-state index contributed by atoms with van der Waals surface area (Å²) in [6.45, 7) is 0. The van der Waals surface area contributed by atoms with Crippen molar-refractivity contribution in [2.45, 2.75) is 0 Å². The van der Waals surface area contributed by atoms with Gasteiger partial charge in [-0.05, 0) is 0 Å². The molecule has 0 amide bonds. The molecule has 0 aliphatic carbocycles. The third kappa shape index (κ3) is 3.07. The molecule has 0 radical (unpaired) electrons. The molecule has 0 rings (SSSR count). The summed E-state index contributed by atoms with van der Waals surface area (Å²) in [6.07, 6.45) is 0. The molecule has 0 aromatic heterocycles. The molecule has 0 aliphatic heterocycles. The fourth-order valence-electron chi connectivity index (χ4n) is 0.0504. The lowest BCUT2D eigenvalue weighted by Crippen LogP contribution is -2.19. The third-order valence-electron chi connectivity index (χ3n) is 0.282. The number of carboxylic acid groups (broad SMARTS) is 1. The molecule has 0 fully saturated rings. The average molecular weight is 122 g/mol. The molecule has 0 spiro atoms. The van der Waals surface area contributed by atoms with Crippen LogP contribution in [0.15, 0.2) is 0 Å². The molecule has 0 heterocycles. The number of carboxylic acids is 1. The van der Waals surface area contributed by atoms with E-state index in [1.165, 1.54) is 0 Å². The molecule has 6 N–H and O–H groups in total. The Morgan fingerprint density at radius 1 is 1.50 bits per heavy atom. The monoisotopic (exact) mass is 122 g/mol. The number of nitrogens with two attached hydrogens (primary N) is 1. The highest BCUT2D eigenvalue weighted by molar-refractivity contribution is 6.28. The zero-order valence-corrected chi connectivity index (χ0v) is 3.96. The SMILES string of the molecule is N.NOC(=O)C(=O)O. The molecule has 48 valence electrons. The van der Waals surface area contributed by atoms with E-state index in [9.17, 15) is 9.59 Å². The van der Waals surface area contributed by atoms with Crippen LogP contribution in [-0.4, -0.2) is 17.0 Å². The molecule has 6 nitrogen and oxygen atoms in total. The quantitative estimate of drug-likeness (QED) is 0.269. The Morgan fingerprint density at radius 2 is 1.88 bits per heavy atom. The third-order valence-corrected chi connectivity index (χ3v) is 0.282. The zero-order chi connectivity index (χ0) is 5.86. The minimum Gasteiger partial charge on any atom is -0.473 e. The van der Waals surface area contributed by atoms with Crippen LogP contribution in [0, 0.1) is 0 Å². The number of hydrogen-bond acceptors (Lipinski definition) is 5. The van der Waals surface area contributed by atoms with E-state index >= 15 is 0 Å². The lowest BCUT2D eigenvalue weighted by molar-refractivity contribution is -0.164. The van der Waals surface area contributed by atoms with Crippen molar-refractivity contribution in [1.29, 1.82) is 0 Å². The van der Waals surface area contributed by atoms with Gasteiger partial charge in [0.05, 0.1) is 0 Å². The average Bonchev–Trinajstić information content (AvgIpc) is 1.65. The predicted octanol–water partition coefficient (Wildman–Crippen LogP) is -1.35. The van der Waals surface area contributed by atoms with Gasteiger partial charge in [0.1, 0.15) is 0 Å². The van der Waals surface area contributed by atoms with Gasteiger partial charge >= 0.3 is 11.9 Å². The van der Waals surface area contributed by atoms with E-state index in [2.05, 4.69) is 10.7 Å². The van der Waals surface area contributed by atoms with Crippen molar-refractivity contribution >= 4 is 11.9 Å². The van der Waals surface area contributed by atoms with Gasteiger partial charge < -0.3 is 16.1 Å². The van der Waals surface area contributed by atoms with Gasteiger partial charge in [-0.1, -0.05) is 0 Å². The Balaban J connectivity index is 0. The van der Waals surface area contributed by atoms with Gasteiger partial charge in [-0.25, -0.2) is 9.59 Å². The van der Waals surface area contributed by atoms with Gasteiger partial charge in [-0.3, -0.25) is 0 Å². The van der Waals surface area contributed by atoms with Crippen LogP contribution in [0.5, 0.6) is 0 Å². The lowest BCUT2D eigenvalue weighted by atomic mass is 10.7. The Hall–Kier alpha value is -1.14. The summed E-state index contributed by atoms with van der Waals surface area (Å²) in [4.78, 5) is 22.2. The van der Waals surface area contributed by atoms with E-state index in [0.29, 0.717) is 0 Å². The molecule has 0 saturated heterocycles. The van der Waals surface area contributed by atoms with Crippen LogP contribution in [-0.2, 0) is 14.4 Å². The summed E-state index contributed by atoms with van der Waals surface area (Å²) in [6, 6.07) is 0. The lowest BCUT2D eigenvalue weighted by Gasteiger charge is -1.84. The summed E-state index contributed by atoms with van der Waals surface area (Å²) in [5.41, 5.74) is 0. The first kappa shape index (κ1) is 9.97. The van der Waals surface area contributed by atoms with E-state index in [1.807, 2.05) is 0 Å². The minimum atomic E-state index is -1.69. The van der Waals surface area contributed by atoms with Crippen LogP contribution in [0.25, 0.3) is 0 Å². The second kappa shape index (κ2) is 4.03. The van der Waals surface area contributed by atoms with Gasteiger partial charge in [-0.2, -0.15) is 5.90 Å². The van der Waals surface area contributed by atoms with E-state index in [0.717, 1.165) is 0 Å². The van der Waals surface area contributed by atoms with Gasteiger partial charge in [0.15, 0.2) is 0 Å². The number of carbonyl (C=O) groups excluding carboxylic acids is 1. The van der Waals surface area contributed by atoms with Crippen LogP contribution in [0.2, 0.25) is 0 Å². The molecule has 6 heteroatoms. The number of aliphatic carboxylic acids is 1. The summed E-state index contributed by atoms with van der Waals surface area (Å²) in [7, 11) is 0. The first-order chi connectivity index (χ1) is 3.18. The largest absolute Gasteiger partial charge is 0.473 e. The molecule has 0 atom stereocenters. The Labute approximate surface area is 44.8 Å². The molecular weight excluding hydrogens is 116 g/mol. The minimum absolute atomic E-state index is 0. The highest BCUT2D eigenvalue weighted by Gasteiger charge is 2.09. The van der Waals surface area contributed by atoms with Crippen LogP contribution in [0.4, 0.5) is 0 Å². The summed E-state index contributed by atoms with van der Waals surface area (Å²) < 4.78 is 0. The predicted molar refractivity (Wildman–Crippen MR) is 22.9 cm³/mol. The van der Waals surface area contributed by atoms with Gasteiger partial charge in [0.2, 0.25) is 0 Å². The molecule has 0 aliphatic rings. The van der Waals surface area contributed by atoms with Crippen LogP contribution in [0.1, 0.15) is 0 Å². The molecule has 0 aromatic carbocycles. The standard InChI is InChI=1S/C2H3NO4.H3N/c3-7-2(6)1(4)5;/h3H2,(H,4,5);1H3. The highest BCUT2D eigenvalue weighted by Crippen LogP contribution is 1.64. The summed E-state index contributed by atoms with van der Waals surface area (Å²) >= 11 is 0. The second-order valence-corrected chi connectivity index (χ2v) is 0.710. The molecule has 0 saturated carbocycles. The van der Waals surface area contributed by atoms with Gasteiger partial charge in [-0.15, -0.1) is 0 Å². The van der Waals surface area contributed by atoms with Crippen molar-refractivity contribution in [3.63, 3.8) is 0 Å². The van der Waals surface area contributed by atoms with Crippen molar-refractivity contribution in [2.75, 3.05) is 0 Å². The van der Waals surface area contributed by atoms with E-state index < -0.39 is 11.9 Å². The maximum atomic E-state index is 9.56. The Morgan fingerprint density at radius 3 is 1.88 bits per heavy atom. The van der Waals surface area contributed by atoms with Crippen LogP contribution in [0.3, 0.4) is 0 Å². The Bertz CT molecular complexity index is 100. The number of rotatable bonds is 0. The Kier molecular flexibility index (Phi) is 5.02. The zero-order valence-electron chi connectivity index (χ0n) is 3.96. The van der Waals surface area contributed by atoms with Crippen molar-refractivity contribution in [1.82, 2.24) is 6.15 Å². The smallest absolute Gasteiger partial charge is 0.435 e. The second-order valence-electron chi connectivity index (χ2n) is 0.710. The highest BCUT2D eigenvalue weighted by atomic mass is 16.7. The molecule has 0 unspecified atom stereocenters. The van der Waals surface area contributed by atoms with Crippen molar-refractivity contribution < 1.29 is 19.5 Å². The fourth-order valence-corrected chi connectivity index (χ4v) is 0.0504. The van der Waals surface area contributed by atoms with Crippen molar-refractivity contribution in [3.05, 3.63) is 0 Å². The summed E-state index contributed by atoms with van der Waals surface area (Å²) in [5.74, 6) is 0.992. The van der Waals surface area contributed by atoms with Gasteiger partial charge in [0, 0.05) is 0 Å². The maximum absolute atomic E-state index is 9.56. The van der Waals surface area contributed by atoms with E-state index in [4.69, 9.17) is 5.11 Å². The van der Waals surface area contributed by atoms with Crippen molar-refractivity contribution in [3.8, 4) is 0 Å².